The van der Waals surface area contributed by atoms with Gasteiger partial charge in [0, 0.05) is 5.56 Å². The molecule has 0 aromatic heterocycles. The van der Waals surface area contributed by atoms with E-state index in [0.29, 0.717) is 6.42 Å². The van der Waals surface area contributed by atoms with Gasteiger partial charge >= 0.3 is 12.0 Å². The molecule has 8 nitrogen and oxygen atoms in total. The Labute approximate surface area is 162 Å². The predicted molar refractivity (Wildman–Crippen MR) is 96.4 cm³/mol. The van der Waals surface area contributed by atoms with Gasteiger partial charge in [0.25, 0.3) is 5.91 Å². The summed E-state index contributed by atoms with van der Waals surface area (Å²) in [6.45, 7) is 2.33. The SMILES string of the molecule is CCCC[C@@]1(C)NC(=O)N(CC(=O)OCC(=O)c2ccc(OC)c(F)c2)C1=O. The van der Waals surface area contributed by atoms with Crippen molar-refractivity contribution in [3.63, 3.8) is 0 Å². The Morgan fingerprint density at radius 1 is 1.29 bits per heavy atom. The van der Waals surface area contributed by atoms with E-state index in [0.717, 1.165) is 23.8 Å². The van der Waals surface area contributed by atoms with Gasteiger partial charge in [-0.15, -0.1) is 0 Å². The Morgan fingerprint density at radius 2 is 2.00 bits per heavy atom. The van der Waals surface area contributed by atoms with E-state index in [1.807, 2.05) is 6.92 Å². The molecule has 1 N–H and O–H groups in total. The summed E-state index contributed by atoms with van der Waals surface area (Å²) in [6.07, 6.45) is 2.06. The molecule has 0 saturated carbocycles. The number of ether oxygens (including phenoxy) is 2. The molecule has 0 spiro atoms. The Kier molecular flexibility index (Phi) is 6.71. The summed E-state index contributed by atoms with van der Waals surface area (Å²) in [5.74, 6) is -2.78. The van der Waals surface area contributed by atoms with Crippen molar-refractivity contribution in [1.82, 2.24) is 10.2 Å². The van der Waals surface area contributed by atoms with Gasteiger partial charge in [0.15, 0.2) is 24.0 Å². The maximum atomic E-state index is 13.7. The topological polar surface area (TPSA) is 102 Å². The van der Waals surface area contributed by atoms with Gasteiger partial charge in [0.05, 0.1) is 7.11 Å². The predicted octanol–water partition coefficient (Wildman–Crippen LogP) is 2.06. The number of unbranched alkanes of at least 4 members (excludes halogenated alkanes) is 1. The molecular weight excluding hydrogens is 371 g/mol. The van der Waals surface area contributed by atoms with E-state index in [1.54, 1.807) is 6.92 Å². The van der Waals surface area contributed by atoms with Crippen LogP contribution >= 0.6 is 0 Å². The number of carbonyl (C=O) groups excluding carboxylic acids is 4. The molecule has 0 bridgehead atoms. The largest absolute Gasteiger partial charge is 0.494 e. The number of methoxy groups -OCH3 is 1. The van der Waals surface area contributed by atoms with Crippen molar-refractivity contribution >= 4 is 23.7 Å². The number of amides is 3. The van der Waals surface area contributed by atoms with Crippen LogP contribution in [0, 0.1) is 5.82 Å². The van der Waals surface area contributed by atoms with Gasteiger partial charge in [-0.05, 0) is 31.5 Å². The number of hydrogen-bond donors (Lipinski definition) is 1. The van der Waals surface area contributed by atoms with Crippen molar-refractivity contribution in [1.29, 1.82) is 0 Å². The fourth-order valence-electron chi connectivity index (χ4n) is 2.83. The van der Waals surface area contributed by atoms with Crippen LogP contribution in [-0.2, 0) is 14.3 Å². The van der Waals surface area contributed by atoms with E-state index in [1.165, 1.54) is 19.2 Å². The maximum Gasteiger partial charge on any atom is 0.326 e. The highest BCUT2D eigenvalue weighted by molar-refractivity contribution is 6.08. The molecule has 3 amide bonds. The lowest BCUT2D eigenvalue weighted by molar-refractivity contribution is -0.146. The number of Topliss-reactive ketones (excluding diaryl/α,β-unsaturated/α-hetero) is 1. The number of esters is 1. The van der Waals surface area contributed by atoms with Crippen LogP contribution in [0.5, 0.6) is 5.75 Å². The highest BCUT2D eigenvalue weighted by Gasteiger charge is 2.47. The average Bonchev–Trinajstić information content (AvgIpc) is 2.87. The normalized spacial score (nSPS) is 18.8. The van der Waals surface area contributed by atoms with Crippen LogP contribution in [0.15, 0.2) is 18.2 Å². The molecule has 28 heavy (non-hydrogen) atoms. The average molecular weight is 394 g/mol. The Morgan fingerprint density at radius 3 is 2.61 bits per heavy atom. The van der Waals surface area contributed by atoms with E-state index >= 15 is 0 Å². The van der Waals surface area contributed by atoms with Gasteiger partial charge in [0.2, 0.25) is 0 Å². The van der Waals surface area contributed by atoms with Crippen LogP contribution in [0.4, 0.5) is 9.18 Å². The number of urea groups is 1. The number of ketones is 1. The standard InChI is InChI=1S/C19H23FN2O6/c1-4-5-8-19(2)17(25)22(18(26)21-19)10-16(24)28-11-14(23)12-6-7-15(27-3)13(20)9-12/h6-7,9H,4-5,8,10-11H2,1-3H3,(H,21,26)/t19-/m1/s1. The first-order chi connectivity index (χ1) is 13.2. The monoisotopic (exact) mass is 394 g/mol. The van der Waals surface area contributed by atoms with Gasteiger partial charge in [-0.25, -0.2) is 9.18 Å². The zero-order valence-electron chi connectivity index (χ0n) is 16.0. The molecule has 0 radical (unpaired) electrons. The Balaban J connectivity index is 1.91. The van der Waals surface area contributed by atoms with E-state index in [-0.39, 0.29) is 11.3 Å². The second-order valence-electron chi connectivity index (χ2n) is 6.69. The number of nitrogens with zero attached hydrogens (tertiary/aromatic N) is 1. The fourth-order valence-corrected chi connectivity index (χ4v) is 2.83. The first kappa shape index (κ1) is 21.3. The second kappa shape index (κ2) is 8.81. The number of benzene rings is 1. The van der Waals surface area contributed by atoms with Crippen molar-refractivity contribution in [2.45, 2.75) is 38.6 Å². The van der Waals surface area contributed by atoms with Crippen LogP contribution in [0.1, 0.15) is 43.5 Å². The number of nitrogens with one attached hydrogen (secondary N) is 1. The first-order valence-corrected chi connectivity index (χ1v) is 8.88. The molecule has 152 valence electrons. The zero-order chi connectivity index (χ0) is 20.9. The molecule has 0 unspecified atom stereocenters. The van der Waals surface area contributed by atoms with Crippen LogP contribution < -0.4 is 10.1 Å². The van der Waals surface area contributed by atoms with Gasteiger partial charge in [-0.1, -0.05) is 19.8 Å². The summed E-state index contributed by atoms with van der Waals surface area (Å²) in [7, 11) is 1.30. The smallest absolute Gasteiger partial charge is 0.326 e. The van der Waals surface area contributed by atoms with Crippen molar-refractivity contribution < 1.29 is 33.0 Å². The maximum absolute atomic E-state index is 13.7. The number of carbonyl (C=O) groups is 4. The van der Waals surface area contributed by atoms with Crippen LogP contribution in [-0.4, -0.2) is 54.4 Å². The summed E-state index contributed by atoms with van der Waals surface area (Å²) in [5, 5.41) is 2.59. The van der Waals surface area contributed by atoms with Crippen LogP contribution in [0.2, 0.25) is 0 Å². The van der Waals surface area contributed by atoms with Gasteiger partial charge in [-0.3, -0.25) is 19.3 Å². The van der Waals surface area contributed by atoms with E-state index in [9.17, 15) is 23.6 Å². The zero-order valence-corrected chi connectivity index (χ0v) is 16.0. The molecule has 0 aliphatic carbocycles. The molecular formula is C19H23FN2O6. The summed E-state index contributed by atoms with van der Waals surface area (Å²) in [5.41, 5.74) is -1.04. The molecule has 1 heterocycles. The summed E-state index contributed by atoms with van der Waals surface area (Å²) in [6, 6.07) is 2.93. The number of hydrogen-bond acceptors (Lipinski definition) is 6. The van der Waals surface area contributed by atoms with Crippen LogP contribution in [0.25, 0.3) is 0 Å². The van der Waals surface area contributed by atoms with E-state index in [4.69, 9.17) is 9.47 Å². The number of halogens is 1. The lowest BCUT2D eigenvalue weighted by Crippen LogP contribution is -2.44. The molecule has 2 rings (SSSR count). The van der Waals surface area contributed by atoms with Gasteiger partial charge in [-0.2, -0.15) is 0 Å². The Bertz CT molecular complexity index is 797. The van der Waals surface area contributed by atoms with Crippen LogP contribution in [0.3, 0.4) is 0 Å². The lowest BCUT2D eigenvalue weighted by Gasteiger charge is -2.21. The molecule has 1 aromatic rings. The van der Waals surface area contributed by atoms with Crippen molar-refractivity contribution in [2.24, 2.45) is 0 Å². The molecule has 1 saturated heterocycles. The Hall–Kier alpha value is -2.97. The fraction of sp³-hybridized carbons (Fsp3) is 0.474. The summed E-state index contributed by atoms with van der Waals surface area (Å²) in [4.78, 5) is 49.3. The highest BCUT2D eigenvalue weighted by Crippen LogP contribution is 2.23. The second-order valence-corrected chi connectivity index (χ2v) is 6.69. The van der Waals surface area contributed by atoms with E-state index < -0.39 is 48.2 Å². The third kappa shape index (κ3) is 4.65. The quantitative estimate of drug-likeness (QED) is 0.391. The minimum absolute atomic E-state index is 0.00762. The summed E-state index contributed by atoms with van der Waals surface area (Å²) >= 11 is 0. The third-order valence-corrected chi connectivity index (χ3v) is 4.50. The molecule has 1 fully saturated rings. The molecule has 9 heteroatoms. The minimum Gasteiger partial charge on any atom is -0.494 e. The highest BCUT2D eigenvalue weighted by atomic mass is 19.1. The minimum atomic E-state index is -1.05. The molecule has 1 atom stereocenters. The van der Waals surface area contributed by atoms with Crippen molar-refractivity contribution in [3.8, 4) is 5.75 Å². The molecule has 1 aliphatic heterocycles. The molecule has 1 aliphatic rings. The van der Waals surface area contributed by atoms with Crippen molar-refractivity contribution in [2.75, 3.05) is 20.3 Å². The van der Waals surface area contributed by atoms with Gasteiger partial charge in [0.1, 0.15) is 12.1 Å². The van der Waals surface area contributed by atoms with E-state index in [2.05, 4.69) is 5.32 Å². The number of rotatable bonds is 9. The lowest BCUT2D eigenvalue weighted by atomic mass is 9.95. The summed E-state index contributed by atoms with van der Waals surface area (Å²) < 4.78 is 23.3. The first-order valence-electron chi connectivity index (χ1n) is 8.88. The van der Waals surface area contributed by atoms with Gasteiger partial charge < -0.3 is 14.8 Å². The third-order valence-electron chi connectivity index (χ3n) is 4.50. The number of imide groups is 1. The molecule has 1 aromatic carbocycles. The van der Waals surface area contributed by atoms with Crippen molar-refractivity contribution in [3.05, 3.63) is 29.6 Å².